The summed E-state index contributed by atoms with van der Waals surface area (Å²) in [4.78, 5) is 20.1. The van der Waals surface area contributed by atoms with Gasteiger partial charge in [0.1, 0.15) is 0 Å². The number of aromatic nitrogens is 9. The number of fused-ring (bicyclic) bond motifs is 18. The molecular formula is C130H88N9S+. The maximum atomic E-state index is 5.28. The van der Waals surface area contributed by atoms with Crippen molar-refractivity contribution in [3.05, 3.63) is 509 Å². The van der Waals surface area contributed by atoms with Crippen LogP contribution in [0.4, 0.5) is 0 Å². The molecule has 0 saturated carbocycles. The van der Waals surface area contributed by atoms with E-state index >= 15 is 0 Å². The average molecular weight is 1810 g/mol. The molecule has 0 unspecified atom stereocenters. The minimum absolute atomic E-state index is 0.00166. The first-order valence-corrected chi connectivity index (χ1v) is 48.5. The van der Waals surface area contributed by atoms with Crippen LogP contribution in [0.1, 0.15) is 25.0 Å². The first-order chi connectivity index (χ1) is 69.2. The van der Waals surface area contributed by atoms with Gasteiger partial charge in [0.25, 0.3) is 0 Å². The van der Waals surface area contributed by atoms with Gasteiger partial charge in [-0.05, 0) is 218 Å². The van der Waals surface area contributed by atoms with E-state index in [1.54, 1.807) is 0 Å². The fourth-order valence-corrected chi connectivity index (χ4v) is 22.4. The number of nitrogens with zero attached hydrogens (tertiary/aromatic N) is 9. The van der Waals surface area contributed by atoms with Crippen molar-refractivity contribution in [1.82, 2.24) is 38.2 Å². The molecule has 0 fully saturated rings. The van der Waals surface area contributed by atoms with E-state index in [0.29, 0.717) is 11.8 Å². The molecular weight excluding hydrogens is 1720 g/mol. The lowest BCUT2D eigenvalue weighted by Gasteiger charge is -2.22. The van der Waals surface area contributed by atoms with Crippen LogP contribution in [0.2, 0.25) is 0 Å². The summed E-state index contributed by atoms with van der Waals surface area (Å²) in [6.45, 7) is 4.71. The molecule has 19 aromatic carbocycles. The van der Waals surface area contributed by atoms with Crippen LogP contribution in [0.5, 0.6) is 0 Å². The number of para-hydroxylation sites is 7. The molecule has 1 aliphatic carbocycles. The van der Waals surface area contributed by atoms with Crippen molar-refractivity contribution in [2.45, 2.75) is 19.3 Å². The Labute approximate surface area is 813 Å². The Morgan fingerprint density at radius 1 is 0.221 bits per heavy atom. The van der Waals surface area contributed by atoms with Crippen LogP contribution in [-0.2, 0) is 5.41 Å². The minimum atomic E-state index is -0.00166. The van der Waals surface area contributed by atoms with Crippen LogP contribution < -0.4 is 4.57 Å². The topological polar surface area (TPSA) is 75.2 Å². The Morgan fingerprint density at radius 3 is 1.11 bits per heavy atom. The smallest absolute Gasteiger partial charge is 0.235 e. The van der Waals surface area contributed by atoms with Crippen LogP contribution in [0.3, 0.4) is 0 Å². The van der Waals surface area contributed by atoms with Gasteiger partial charge in [-0.2, -0.15) is 4.57 Å². The summed E-state index contributed by atoms with van der Waals surface area (Å²) < 4.78 is 14.1. The van der Waals surface area contributed by atoms with Gasteiger partial charge in [0, 0.05) is 133 Å². The van der Waals surface area contributed by atoms with Gasteiger partial charge < -0.3 is 13.7 Å². The molecule has 0 bridgehead atoms. The summed E-state index contributed by atoms with van der Waals surface area (Å²) in [6, 6.07) is 171. The van der Waals surface area contributed by atoms with Crippen molar-refractivity contribution in [3.63, 3.8) is 0 Å². The summed E-state index contributed by atoms with van der Waals surface area (Å²) in [5, 5.41) is 12.6. The van der Waals surface area contributed by atoms with Gasteiger partial charge in [0.2, 0.25) is 11.6 Å². The summed E-state index contributed by atoms with van der Waals surface area (Å²) in [5.41, 5.74) is 35.9. The van der Waals surface area contributed by atoms with Crippen LogP contribution in [0.25, 0.3) is 237 Å². The number of hydrogen-bond acceptors (Lipinski definition) is 5. The van der Waals surface area contributed by atoms with Gasteiger partial charge in [-0.15, -0.1) is 11.3 Å². The highest BCUT2D eigenvalue weighted by Crippen LogP contribution is 2.51. The zero-order valence-corrected chi connectivity index (χ0v) is 77.6. The summed E-state index contributed by atoms with van der Waals surface area (Å²) in [5.74, 6) is 1.35. The Hall–Kier alpha value is -18.1. The summed E-state index contributed by atoms with van der Waals surface area (Å²) in [6.07, 6.45) is 6.12. The van der Waals surface area contributed by atoms with E-state index in [-0.39, 0.29) is 5.41 Å². The van der Waals surface area contributed by atoms with E-state index in [9.17, 15) is 0 Å². The SMILES string of the molecule is CC1(C)c2ccccc2-c2ccc(-c3ccc4sc5ccc(-n6c7ccccc7c7ccccc76)cc5c4c3)cc21.c1ccc(-c2cc(-c3ccccc3)cc(-c3ccnc(-n4c5ccccc5c5cc(-c6ccc7c(c6)c6ccccc6n7-c6ccccc6)ccc54)n3)c2)cc1.c1ccc(-c2cc(-c3ccccc3)nc(-c3ccc(-[n+]4ccc(-n5c6ccccc6c6ccccc65)cc4)cc3)n2)cc1. The molecule has 28 rings (SSSR count). The van der Waals surface area contributed by atoms with Crippen LogP contribution in [0.15, 0.2) is 498 Å². The highest BCUT2D eigenvalue weighted by atomic mass is 32.1. The van der Waals surface area contributed by atoms with E-state index in [1.165, 1.54) is 147 Å². The van der Waals surface area contributed by atoms with Crippen molar-refractivity contribution in [3.8, 4) is 129 Å². The normalized spacial score (nSPS) is 12.1. The fourth-order valence-electron chi connectivity index (χ4n) is 21.3. The molecule has 0 spiro atoms. The van der Waals surface area contributed by atoms with Crippen LogP contribution >= 0.6 is 11.3 Å². The minimum Gasteiger partial charge on any atom is -0.309 e. The Balaban J connectivity index is 0.000000110. The highest BCUT2D eigenvalue weighted by Gasteiger charge is 2.36. The molecule has 1 aliphatic rings. The van der Waals surface area contributed by atoms with E-state index in [2.05, 4.69) is 486 Å². The maximum absolute atomic E-state index is 5.28. The zero-order chi connectivity index (χ0) is 92.9. The van der Waals surface area contributed by atoms with Crippen LogP contribution in [-0.4, -0.2) is 38.2 Å². The summed E-state index contributed by atoms with van der Waals surface area (Å²) >= 11 is 1.88. The zero-order valence-electron chi connectivity index (χ0n) is 76.8. The lowest BCUT2D eigenvalue weighted by Crippen LogP contribution is -2.29. The second kappa shape index (κ2) is 34.4. The van der Waals surface area contributed by atoms with Crippen LogP contribution in [0, 0.1) is 0 Å². The first-order valence-electron chi connectivity index (χ1n) is 47.7. The monoisotopic (exact) mass is 1810 g/mol. The van der Waals surface area contributed by atoms with Crippen molar-refractivity contribution in [2.24, 2.45) is 0 Å². The average Bonchev–Trinajstić information content (AvgIpc) is 1.58. The second-order valence-electron chi connectivity index (χ2n) is 36.6. The Morgan fingerprint density at radius 2 is 0.593 bits per heavy atom. The predicted octanol–water partition coefficient (Wildman–Crippen LogP) is 33.3. The third-order valence-electron chi connectivity index (χ3n) is 28.1. The Bertz CT molecular complexity index is 9280. The van der Waals surface area contributed by atoms with Crippen molar-refractivity contribution in [1.29, 1.82) is 0 Å². The molecule has 658 valence electrons. The maximum Gasteiger partial charge on any atom is 0.235 e. The number of pyridine rings is 1. The molecule has 0 radical (unpaired) electrons. The lowest BCUT2D eigenvalue weighted by molar-refractivity contribution is -0.595. The largest absolute Gasteiger partial charge is 0.309 e. The van der Waals surface area contributed by atoms with Gasteiger partial charge in [0.05, 0.1) is 66.9 Å². The molecule has 9 nitrogen and oxygen atoms in total. The third kappa shape index (κ3) is 14.5. The van der Waals surface area contributed by atoms with E-state index in [4.69, 9.17) is 19.9 Å². The van der Waals surface area contributed by atoms with Gasteiger partial charge in [-0.25, -0.2) is 19.9 Å². The second-order valence-corrected chi connectivity index (χ2v) is 37.7. The van der Waals surface area contributed by atoms with Gasteiger partial charge in [-0.3, -0.25) is 4.57 Å². The molecule has 0 saturated heterocycles. The van der Waals surface area contributed by atoms with Gasteiger partial charge in [-0.1, -0.05) is 317 Å². The molecule has 0 N–H and O–H groups in total. The van der Waals surface area contributed by atoms with E-state index in [1.807, 2.05) is 60.0 Å². The van der Waals surface area contributed by atoms with Crippen molar-refractivity contribution in [2.75, 3.05) is 0 Å². The molecule has 8 heterocycles. The predicted molar refractivity (Wildman–Crippen MR) is 583 cm³/mol. The molecule has 10 heteroatoms. The number of hydrogen-bond donors (Lipinski definition) is 0. The van der Waals surface area contributed by atoms with Gasteiger partial charge in [0.15, 0.2) is 18.2 Å². The highest BCUT2D eigenvalue weighted by molar-refractivity contribution is 7.25. The van der Waals surface area contributed by atoms with Gasteiger partial charge >= 0.3 is 0 Å². The van der Waals surface area contributed by atoms with E-state index in [0.717, 1.165) is 89.3 Å². The van der Waals surface area contributed by atoms with Crippen molar-refractivity contribution < 1.29 is 4.57 Å². The quantitative estimate of drug-likeness (QED) is 0.108. The first kappa shape index (κ1) is 82.6. The van der Waals surface area contributed by atoms with E-state index < -0.39 is 0 Å². The molecule has 0 amide bonds. The number of thiophene rings is 1. The standard InChI is InChI=1S/C52H34N4.C39H27N4.C39H27NS/c1-4-14-35(15-5-1)39-30-40(36-16-6-2-7-17-36)32-41(31-39)47-28-29-53-52(54-47)56-49-23-13-11-21-44(49)46-34-38(25-27-51(46)56)37-24-26-50-45(33-37)43-20-10-12-22-48(43)55(50)42-18-8-3-9-19-42;1-3-11-28(12-4-1)35-27-36(29-13-5-2-6-14-29)41-39(40-35)30-19-21-31(22-20-30)42-25-23-32(24-26-42)43-37-17-9-7-15-33(37)34-16-8-10-18-38(34)43;1-39(2)33-12-6-3-9-27(33)28-18-15-25(22-34(28)39)24-16-19-37-31(21-24)32-23-26(17-20-38(32)41-37)40-35-13-7-4-10-29(35)30-11-5-8-14-36(30)40/h1-34H;1-27H;3-23H,1-2H3/q;+1;. The number of rotatable bonds is 13. The molecule has 140 heavy (non-hydrogen) atoms. The molecule has 0 aliphatic heterocycles. The Kier molecular flexibility index (Phi) is 20.3. The lowest BCUT2D eigenvalue weighted by atomic mass is 9.81. The molecule has 27 aromatic rings. The number of benzene rings is 19. The van der Waals surface area contributed by atoms with Crippen molar-refractivity contribution >= 4 is 119 Å². The summed E-state index contributed by atoms with van der Waals surface area (Å²) in [7, 11) is 0. The molecule has 8 aromatic heterocycles. The molecule has 0 atom stereocenters. The third-order valence-corrected chi connectivity index (χ3v) is 29.3. The fraction of sp³-hybridized carbons (Fsp3) is 0.0231.